The molecule has 0 aromatic carbocycles. The molecule has 4 nitrogen and oxygen atoms in total. The maximum Gasteiger partial charge on any atom is 0.0904 e. The Labute approximate surface area is 114 Å². The van der Waals surface area contributed by atoms with Crippen molar-refractivity contribution in [1.29, 1.82) is 0 Å². The third-order valence-electron chi connectivity index (χ3n) is 3.40. The van der Waals surface area contributed by atoms with E-state index in [1.807, 2.05) is 4.68 Å². The summed E-state index contributed by atoms with van der Waals surface area (Å²) >= 11 is 6.35. The van der Waals surface area contributed by atoms with E-state index in [-0.39, 0.29) is 0 Å². The van der Waals surface area contributed by atoms with Gasteiger partial charge in [-0.25, -0.2) is 0 Å². The third-order valence-corrected chi connectivity index (χ3v) is 3.84. The lowest BCUT2D eigenvalue weighted by atomic mass is 10.1. The molecule has 1 atom stereocenters. The minimum absolute atomic E-state index is 0.306. The Kier molecular flexibility index (Phi) is 5.03. The first-order valence-electron chi connectivity index (χ1n) is 6.82. The number of halogens is 1. The smallest absolute Gasteiger partial charge is 0.0904 e. The van der Waals surface area contributed by atoms with Gasteiger partial charge in [-0.15, -0.1) is 0 Å². The summed E-state index contributed by atoms with van der Waals surface area (Å²) in [4.78, 5) is 0. The van der Waals surface area contributed by atoms with Crippen molar-refractivity contribution in [2.24, 2.45) is 0 Å². The fourth-order valence-corrected chi connectivity index (χ4v) is 2.64. The van der Waals surface area contributed by atoms with E-state index >= 15 is 0 Å². The van der Waals surface area contributed by atoms with E-state index in [9.17, 15) is 0 Å². The van der Waals surface area contributed by atoms with Crippen LogP contribution in [0.5, 0.6) is 0 Å². The van der Waals surface area contributed by atoms with E-state index in [0.29, 0.717) is 12.7 Å². The fourth-order valence-electron chi connectivity index (χ4n) is 2.31. The molecule has 0 unspecified atom stereocenters. The zero-order chi connectivity index (χ0) is 13.0. The summed E-state index contributed by atoms with van der Waals surface area (Å²) < 4.78 is 7.90. The van der Waals surface area contributed by atoms with Crippen LogP contribution in [-0.4, -0.2) is 29.0 Å². The summed E-state index contributed by atoms with van der Waals surface area (Å²) in [5.74, 6) is 0. The van der Waals surface area contributed by atoms with Gasteiger partial charge in [0, 0.05) is 13.1 Å². The molecule has 0 saturated carbocycles. The van der Waals surface area contributed by atoms with E-state index in [4.69, 9.17) is 16.3 Å². The highest BCUT2D eigenvalue weighted by Gasteiger charge is 2.18. The van der Waals surface area contributed by atoms with Crippen LogP contribution in [0.4, 0.5) is 0 Å². The first-order chi connectivity index (χ1) is 8.76. The van der Waals surface area contributed by atoms with Crippen molar-refractivity contribution in [1.82, 2.24) is 15.1 Å². The van der Waals surface area contributed by atoms with Crippen molar-refractivity contribution in [2.45, 2.75) is 52.4 Å². The molecule has 2 heterocycles. The lowest BCUT2D eigenvalue weighted by Crippen LogP contribution is -2.35. The molecule has 1 N–H and O–H groups in total. The van der Waals surface area contributed by atoms with Gasteiger partial charge in [0.05, 0.1) is 29.1 Å². The molecule has 0 bridgehead atoms. The molecule has 0 aliphatic carbocycles. The second-order valence-electron chi connectivity index (χ2n) is 4.66. The Bertz CT molecular complexity index is 386. The Morgan fingerprint density at radius 3 is 2.94 bits per heavy atom. The number of nitrogens with one attached hydrogen (secondary N) is 1. The highest BCUT2D eigenvalue weighted by Crippen LogP contribution is 2.23. The van der Waals surface area contributed by atoms with Crippen LogP contribution < -0.4 is 5.32 Å². The topological polar surface area (TPSA) is 39.1 Å². The summed E-state index contributed by atoms with van der Waals surface area (Å²) in [5, 5.41) is 8.63. The summed E-state index contributed by atoms with van der Waals surface area (Å²) in [6.07, 6.45) is 3.49. The molecule has 0 amide bonds. The maximum atomic E-state index is 6.35. The standard InChI is InChI=1S/C13H22ClN3O/c1-3-11-13(14)12(17(4-2)16-11)9-18-10-6-5-7-15-8-10/h10,15H,3-9H2,1-2H3/t10-/m0/s1. The van der Waals surface area contributed by atoms with Gasteiger partial charge in [-0.2, -0.15) is 5.10 Å². The van der Waals surface area contributed by atoms with Crippen molar-refractivity contribution in [3.05, 3.63) is 16.4 Å². The molecule has 0 spiro atoms. The average Bonchev–Trinajstić information content (AvgIpc) is 2.73. The molecule has 1 fully saturated rings. The molecule has 5 heteroatoms. The number of hydrogen-bond donors (Lipinski definition) is 1. The van der Waals surface area contributed by atoms with Gasteiger partial charge in [-0.1, -0.05) is 18.5 Å². The van der Waals surface area contributed by atoms with E-state index in [1.165, 1.54) is 6.42 Å². The zero-order valence-electron chi connectivity index (χ0n) is 11.2. The molecular weight excluding hydrogens is 250 g/mol. The van der Waals surface area contributed by atoms with Crippen molar-refractivity contribution in [3.8, 4) is 0 Å². The number of hydrogen-bond acceptors (Lipinski definition) is 3. The summed E-state index contributed by atoms with van der Waals surface area (Å²) in [6, 6.07) is 0. The van der Waals surface area contributed by atoms with Gasteiger partial charge in [0.2, 0.25) is 0 Å². The first kappa shape index (κ1) is 13.8. The van der Waals surface area contributed by atoms with Crippen LogP contribution in [0.1, 0.15) is 38.1 Å². The van der Waals surface area contributed by atoms with Crippen molar-refractivity contribution in [2.75, 3.05) is 13.1 Å². The predicted octanol–water partition coefficient (Wildman–Crippen LogP) is 2.39. The van der Waals surface area contributed by atoms with Crippen molar-refractivity contribution < 1.29 is 4.74 Å². The lowest BCUT2D eigenvalue weighted by molar-refractivity contribution is 0.0219. The van der Waals surface area contributed by atoms with Gasteiger partial charge < -0.3 is 10.1 Å². The molecular formula is C13H22ClN3O. The molecule has 1 saturated heterocycles. The van der Waals surface area contributed by atoms with E-state index < -0.39 is 0 Å². The minimum atomic E-state index is 0.306. The van der Waals surface area contributed by atoms with Crippen molar-refractivity contribution >= 4 is 11.6 Å². The monoisotopic (exact) mass is 271 g/mol. The fraction of sp³-hybridized carbons (Fsp3) is 0.769. The van der Waals surface area contributed by atoms with E-state index in [0.717, 1.165) is 48.9 Å². The lowest BCUT2D eigenvalue weighted by Gasteiger charge is -2.23. The van der Waals surface area contributed by atoms with Crippen LogP contribution in [-0.2, 0) is 24.3 Å². The van der Waals surface area contributed by atoms with Crippen LogP contribution in [0.15, 0.2) is 0 Å². The number of piperidine rings is 1. The Balaban J connectivity index is 2.01. The third kappa shape index (κ3) is 3.05. The van der Waals surface area contributed by atoms with Crippen LogP contribution in [0, 0.1) is 0 Å². The predicted molar refractivity (Wildman–Crippen MR) is 73.0 cm³/mol. The molecule has 1 aromatic heterocycles. The first-order valence-corrected chi connectivity index (χ1v) is 7.20. The number of aromatic nitrogens is 2. The van der Waals surface area contributed by atoms with Crippen LogP contribution in [0.2, 0.25) is 5.02 Å². The second-order valence-corrected chi connectivity index (χ2v) is 5.03. The van der Waals surface area contributed by atoms with Gasteiger partial charge in [-0.05, 0) is 32.7 Å². The quantitative estimate of drug-likeness (QED) is 0.894. The number of ether oxygens (including phenoxy) is 1. The molecule has 102 valence electrons. The van der Waals surface area contributed by atoms with E-state index in [2.05, 4.69) is 24.3 Å². The van der Waals surface area contributed by atoms with Crippen LogP contribution in [0.3, 0.4) is 0 Å². The van der Waals surface area contributed by atoms with Gasteiger partial charge in [0.1, 0.15) is 0 Å². The van der Waals surface area contributed by atoms with Gasteiger partial charge in [-0.3, -0.25) is 4.68 Å². The summed E-state index contributed by atoms with van der Waals surface area (Å²) in [5.41, 5.74) is 1.99. The molecule has 0 radical (unpaired) electrons. The second kappa shape index (κ2) is 6.55. The highest BCUT2D eigenvalue weighted by atomic mass is 35.5. The summed E-state index contributed by atoms with van der Waals surface area (Å²) in [6.45, 7) is 7.59. The maximum absolute atomic E-state index is 6.35. The van der Waals surface area contributed by atoms with Gasteiger partial charge >= 0.3 is 0 Å². The van der Waals surface area contributed by atoms with E-state index in [1.54, 1.807) is 0 Å². The van der Waals surface area contributed by atoms with Crippen molar-refractivity contribution in [3.63, 3.8) is 0 Å². The normalized spacial score (nSPS) is 20.3. The SMILES string of the molecule is CCc1nn(CC)c(CO[C@H]2CCCNC2)c1Cl. The molecule has 2 rings (SSSR count). The average molecular weight is 272 g/mol. The Hall–Kier alpha value is -0.580. The Morgan fingerprint density at radius 2 is 2.33 bits per heavy atom. The number of aryl methyl sites for hydroxylation is 2. The van der Waals surface area contributed by atoms with Gasteiger partial charge in [0.15, 0.2) is 0 Å². The highest BCUT2D eigenvalue weighted by molar-refractivity contribution is 6.31. The van der Waals surface area contributed by atoms with Crippen LogP contribution in [0.25, 0.3) is 0 Å². The van der Waals surface area contributed by atoms with Crippen LogP contribution >= 0.6 is 11.6 Å². The van der Waals surface area contributed by atoms with Gasteiger partial charge in [0.25, 0.3) is 0 Å². The zero-order valence-corrected chi connectivity index (χ0v) is 12.0. The number of rotatable bonds is 5. The molecule has 18 heavy (non-hydrogen) atoms. The molecule has 1 aliphatic heterocycles. The minimum Gasteiger partial charge on any atom is -0.371 e. The Morgan fingerprint density at radius 1 is 1.50 bits per heavy atom. The number of nitrogens with zero attached hydrogens (tertiary/aromatic N) is 2. The summed E-state index contributed by atoms with van der Waals surface area (Å²) in [7, 11) is 0. The largest absolute Gasteiger partial charge is 0.371 e. The molecule has 1 aromatic rings. The molecule has 1 aliphatic rings.